The third kappa shape index (κ3) is 3.18. The molecule has 0 bridgehead atoms. The number of nitrogens with zero attached hydrogens (tertiary/aromatic N) is 1. The molecule has 2 amide bonds. The second kappa shape index (κ2) is 6.43. The number of nitrogens with one attached hydrogen (secondary N) is 1. The Hall–Kier alpha value is -1.62. The van der Waals surface area contributed by atoms with Gasteiger partial charge in [-0.25, -0.2) is 4.39 Å². The Morgan fingerprint density at radius 3 is 2.76 bits per heavy atom. The predicted octanol–water partition coefficient (Wildman–Crippen LogP) is 2.49. The van der Waals surface area contributed by atoms with E-state index in [1.165, 1.54) is 11.0 Å². The molecule has 21 heavy (non-hydrogen) atoms. The van der Waals surface area contributed by atoms with E-state index in [0.29, 0.717) is 12.0 Å². The lowest BCUT2D eigenvalue weighted by Gasteiger charge is -2.38. The molecule has 0 aliphatic carbocycles. The third-order valence-corrected chi connectivity index (χ3v) is 3.92. The molecule has 114 valence electrons. The van der Waals surface area contributed by atoms with Crippen LogP contribution in [0.4, 0.5) is 4.39 Å². The van der Waals surface area contributed by atoms with Crippen LogP contribution in [0.5, 0.6) is 0 Å². The van der Waals surface area contributed by atoms with Gasteiger partial charge in [-0.05, 0) is 19.4 Å². The molecule has 1 saturated heterocycles. The Bertz CT molecular complexity index is 565. The standard InChI is InChI=1S/C15H18ClFN2O2/c1-3-5-12-14(20)18-9(2)15(21)19(12)8-10-6-4-7-11(16)13(10)17/h4,6-7,9,12H,3,5,8H2,1-2H3,(H,18,20). The number of benzene rings is 1. The van der Waals surface area contributed by atoms with Crippen molar-refractivity contribution in [3.05, 3.63) is 34.6 Å². The van der Waals surface area contributed by atoms with E-state index in [4.69, 9.17) is 11.6 Å². The molecule has 1 heterocycles. The first-order chi connectivity index (χ1) is 9.95. The minimum absolute atomic E-state index is 0.0153. The van der Waals surface area contributed by atoms with Crippen LogP contribution in [0.15, 0.2) is 18.2 Å². The van der Waals surface area contributed by atoms with E-state index in [1.807, 2.05) is 6.92 Å². The van der Waals surface area contributed by atoms with E-state index in [9.17, 15) is 14.0 Å². The summed E-state index contributed by atoms with van der Waals surface area (Å²) in [6, 6.07) is 3.52. The molecule has 1 N–H and O–H groups in total. The quantitative estimate of drug-likeness (QED) is 0.928. The van der Waals surface area contributed by atoms with E-state index in [1.54, 1.807) is 19.1 Å². The Kier molecular flexibility index (Phi) is 4.83. The number of piperazine rings is 1. The molecular formula is C15H18ClFN2O2. The largest absolute Gasteiger partial charge is 0.343 e. The van der Waals surface area contributed by atoms with Crippen molar-refractivity contribution in [2.75, 3.05) is 0 Å². The van der Waals surface area contributed by atoms with Gasteiger partial charge in [0.15, 0.2) is 0 Å². The SMILES string of the molecule is CCCC1C(=O)NC(C)C(=O)N1Cc1cccc(Cl)c1F. The van der Waals surface area contributed by atoms with Crippen molar-refractivity contribution in [1.29, 1.82) is 0 Å². The van der Waals surface area contributed by atoms with Crippen molar-refractivity contribution in [1.82, 2.24) is 10.2 Å². The van der Waals surface area contributed by atoms with Gasteiger partial charge >= 0.3 is 0 Å². The molecule has 1 aliphatic heterocycles. The molecule has 6 heteroatoms. The summed E-state index contributed by atoms with van der Waals surface area (Å²) < 4.78 is 14.0. The minimum Gasteiger partial charge on any atom is -0.343 e. The second-order valence-electron chi connectivity index (χ2n) is 5.21. The maximum absolute atomic E-state index is 14.0. The van der Waals surface area contributed by atoms with E-state index in [-0.39, 0.29) is 23.4 Å². The first-order valence-electron chi connectivity index (χ1n) is 6.99. The van der Waals surface area contributed by atoms with Gasteiger partial charge in [0.2, 0.25) is 11.8 Å². The van der Waals surface area contributed by atoms with Gasteiger partial charge in [0.05, 0.1) is 5.02 Å². The summed E-state index contributed by atoms with van der Waals surface area (Å²) in [6.45, 7) is 3.62. The van der Waals surface area contributed by atoms with E-state index < -0.39 is 17.9 Å². The lowest BCUT2D eigenvalue weighted by atomic mass is 10.0. The fourth-order valence-electron chi connectivity index (χ4n) is 2.52. The first-order valence-corrected chi connectivity index (χ1v) is 7.37. The van der Waals surface area contributed by atoms with Gasteiger partial charge in [-0.15, -0.1) is 0 Å². The molecule has 1 aromatic carbocycles. The molecule has 0 spiro atoms. The normalized spacial score (nSPS) is 22.4. The average Bonchev–Trinajstić information content (AvgIpc) is 2.44. The maximum Gasteiger partial charge on any atom is 0.245 e. The Morgan fingerprint density at radius 1 is 1.38 bits per heavy atom. The topological polar surface area (TPSA) is 49.4 Å². The highest BCUT2D eigenvalue weighted by atomic mass is 35.5. The summed E-state index contributed by atoms with van der Waals surface area (Å²) in [4.78, 5) is 25.8. The van der Waals surface area contributed by atoms with Crippen LogP contribution in [0.25, 0.3) is 0 Å². The van der Waals surface area contributed by atoms with Crippen molar-refractivity contribution < 1.29 is 14.0 Å². The maximum atomic E-state index is 14.0. The number of rotatable bonds is 4. The summed E-state index contributed by atoms with van der Waals surface area (Å²) in [7, 11) is 0. The van der Waals surface area contributed by atoms with Crippen LogP contribution in [-0.4, -0.2) is 28.8 Å². The number of carbonyl (C=O) groups excluding carboxylic acids is 2. The number of amides is 2. The predicted molar refractivity (Wildman–Crippen MR) is 78.3 cm³/mol. The Labute approximate surface area is 128 Å². The summed E-state index contributed by atoms with van der Waals surface area (Å²) in [5, 5.41) is 2.67. The lowest BCUT2D eigenvalue weighted by Crippen LogP contribution is -2.61. The van der Waals surface area contributed by atoms with Crippen LogP contribution in [0, 0.1) is 5.82 Å². The van der Waals surface area contributed by atoms with Crippen molar-refractivity contribution in [2.45, 2.75) is 45.3 Å². The monoisotopic (exact) mass is 312 g/mol. The average molecular weight is 313 g/mol. The molecule has 0 aromatic heterocycles. The van der Waals surface area contributed by atoms with E-state index >= 15 is 0 Å². The van der Waals surface area contributed by atoms with Crippen molar-refractivity contribution in [3.8, 4) is 0 Å². The van der Waals surface area contributed by atoms with Crippen LogP contribution in [-0.2, 0) is 16.1 Å². The minimum atomic E-state index is -0.590. The van der Waals surface area contributed by atoms with Gasteiger partial charge in [0, 0.05) is 12.1 Å². The van der Waals surface area contributed by atoms with E-state index in [0.717, 1.165) is 6.42 Å². The number of hydrogen-bond acceptors (Lipinski definition) is 2. The van der Waals surface area contributed by atoms with Crippen LogP contribution < -0.4 is 5.32 Å². The zero-order valence-electron chi connectivity index (χ0n) is 12.0. The summed E-state index contributed by atoms with van der Waals surface area (Å²) in [6.07, 6.45) is 1.31. The molecule has 2 unspecified atom stereocenters. The van der Waals surface area contributed by atoms with Crippen LogP contribution in [0.2, 0.25) is 5.02 Å². The van der Waals surface area contributed by atoms with Crippen molar-refractivity contribution in [2.24, 2.45) is 0 Å². The van der Waals surface area contributed by atoms with Gasteiger partial charge in [-0.2, -0.15) is 0 Å². The molecule has 1 fully saturated rings. The highest BCUT2D eigenvalue weighted by Gasteiger charge is 2.38. The van der Waals surface area contributed by atoms with E-state index in [2.05, 4.69) is 5.32 Å². The fraction of sp³-hybridized carbons (Fsp3) is 0.467. The van der Waals surface area contributed by atoms with Crippen LogP contribution in [0.3, 0.4) is 0 Å². The van der Waals surface area contributed by atoms with Crippen LogP contribution in [0.1, 0.15) is 32.3 Å². The molecule has 1 aromatic rings. The molecule has 2 atom stereocenters. The summed E-state index contributed by atoms with van der Waals surface area (Å²) >= 11 is 5.77. The Morgan fingerprint density at radius 2 is 2.10 bits per heavy atom. The van der Waals surface area contributed by atoms with Crippen molar-refractivity contribution in [3.63, 3.8) is 0 Å². The van der Waals surface area contributed by atoms with Crippen LogP contribution >= 0.6 is 11.6 Å². The molecule has 1 aliphatic rings. The fourth-order valence-corrected chi connectivity index (χ4v) is 2.71. The zero-order valence-corrected chi connectivity index (χ0v) is 12.8. The summed E-state index contributed by atoms with van der Waals surface area (Å²) in [5.74, 6) is -0.931. The first kappa shape index (κ1) is 15.8. The highest BCUT2D eigenvalue weighted by molar-refractivity contribution is 6.30. The summed E-state index contributed by atoms with van der Waals surface area (Å²) in [5.41, 5.74) is 0.318. The van der Waals surface area contributed by atoms with Gasteiger partial charge in [-0.3, -0.25) is 9.59 Å². The highest BCUT2D eigenvalue weighted by Crippen LogP contribution is 2.23. The van der Waals surface area contributed by atoms with Gasteiger partial charge in [0.25, 0.3) is 0 Å². The molecule has 2 rings (SSSR count). The molecule has 0 saturated carbocycles. The smallest absolute Gasteiger partial charge is 0.245 e. The second-order valence-corrected chi connectivity index (χ2v) is 5.62. The Balaban J connectivity index is 2.30. The van der Waals surface area contributed by atoms with Crippen molar-refractivity contribution >= 4 is 23.4 Å². The number of carbonyl (C=O) groups is 2. The lowest BCUT2D eigenvalue weighted by molar-refractivity contribution is -0.149. The number of halogens is 2. The zero-order chi connectivity index (χ0) is 15.6. The number of hydrogen-bond donors (Lipinski definition) is 1. The van der Waals surface area contributed by atoms with Gasteiger partial charge in [0.1, 0.15) is 17.9 Å². The molecule has 0 radical (unpaired) electrons. The van der Waals surface area contributed by atoms with Gasteiger partial charge in [-0.1, -0.05) is 37.1 Å². The molecule has 4 nitrogen and oxygen atoms in total. The molecular weight excluding hydrogens is 295 g/mol. The third-order valence-electron chi connectivity index (χ3n) is 3.63. The van der Waals surface area contributed by atoms with Gasteiger partial charge < -0.3 is 10.2 Å².